The second-order valence-electron chi connectivity index (χ2n) is 5.41. The van der Waals surface area contributed by atoms with Crippen LogP contribution in [0.25, 0.3) is 0 Å². The molecule has 2 aromatic rings. The van der Waals surface area contributed by atoms with Crippen molar-refractivity contribution in [2.75, 3.05) is 12.4 Å². The standard InChI is InChI=1S/C17H17BrFNO/c1-21-15-5-6-16(18)17(10-15)20-14-8-12(9-14)11-3-2-4-13(19)7-11/h2-7,10,12,14,20H,8-9H2,1H3. The van der Waals surface area contributed by atoms with Crippen molar-refractivity contribution in [1.82, 2.24) is 0 Å². The maximum Gasteiger partial charge on any atom is 0.123 e. The molecule has 0 amide bonds. The number of anilines is 1. The highest BCUT2D eigenvalue weighted by molar-refractivity contribution is 9.10. The molecule has 0 bridgehead atoms. The molecule has 1 aliphatic rings. The van der Waals surface area contributed by atoms with Gasteiger partial charge in [-0.25, -0.2) is 4.39 Å². The molecular formula is C17H17BrFNO. The van der Waals surface area contributed by atoms with Gasteiger partial charge in [0.25, 0.3) is 0 Å². The summed E-state index contributed by atoms with van der Waals surface area (Å²) in [6.07, 6.45) is 2.04. The van der Waals surface area contributed by atoms with Gasteiger partial charge >= 0.3 is 0 Å². The molecule has 0 heterocycles. The molecule has 0 saturated heterocycles. The molecule has 4 heteroatoms. The van der Waals surface area contributed by atoms with E-state index in [1.54, 1.807) is 19.2 Å². The average Bonchev–Trinajstić information content (AvgIpc) is 2.44. The first kappa shape index (κ1) is 14.4. The van der Waals surface area contributed by atoms with Crippen LogP contribution in [0.2, 0.25) is 0 Å². The first-order chi connectivity index (χ1) is 10.2. The van der Waals surface area contributed by atoms with E-state index in [1.807, 2.05) is 24.3 Å². The highest BCUT2D eigenvalue weighted by Crippen LogP contribution is 2.40. The molecule has 21 heavy (non-hydrogen) atoms. The van der Waals surface area contributed by atoms with E-state index in [4.69, 9.17) is 4.74 Å². The fourth-order valence-electron chi connectivity index (χ4n) is 2.73. The van der Waals surface area contributed by atoms with Gasteiger partial charge in [0.2, 0.25) is 0 Å². The van der Waals surface area contributed by atoms with Crippen molar-refractivity contribution in [2.45, 2.75) is 24.8 Å². The second-order valence-corrected chi connectivity index (χ2v) is 6.26. The Bertz CT molecular complexity index is 640. The lowest BCUT2D eigenvalue weighted by molar-refractivity contribution is 0.372. The molecule has 1 aliphatic carbocycles. The number of hydrogen-bond donors (Lipinski definition) is 1. The van der Waals surface area contributed by atoms with Crippen LogP contribution in [0.5, 0.6) is 5.75 Å². The van der Waals surface area contributed by atoms with Crippen molar-refractivity contribution in [3.05, 3.63) is 58.3 Å². The average molecular weight is 350 g/mol. The molecule has 3 rings (SSSR count). The fourth-order valence-corrected chi connectivity index (χ4v) is 3.09. The predicted octanol–water partition coefficient (Wildman–Crippen LogP) is 4.95. The molecule has 1 N–H and O–H groups in total. The van der Waals surface area contributed by atoms with Gasteiger partial charge in [-0.1, -0.05) is 12.1 Å². The Kier molecular flexibility index (Phi) is 4.15. The molecule has 1 fully saturated rings. The molecule has 1 saturated carbocycles. The highest BCUT2D eigenvalue weighted by Gasteiger charge is 2.30. The van der Waals surface area contributed by atoms with E-state index < -0.39 is 0 Å². The summed E-state index contributed by atoms with van der Waals surface area (Å²) < 4.78 is 19.5. The lowest BCUT2D eigenvalue weighted by Crippen LogP contribution is -2.34. The maximum absolute atomic E-state index is 13.2. The summed E-state index contributed by atoms with van der Waals surface area (Å²) in [5.41, 5.74) is 2.13. The van der Waals surface area contributed by atoms with E-state index in [-0.39, 0.29) is 5.82 Å². The first-order valence-corrected chi connectivity index (χ1v) is 7.80. The Balaban J connectivity index is 1.62. The van der Waals surface area contributed by atoms with Crippen molar-refractivity contribution < 1.29 is 9.13 Å². The van der Waals surface area contributed by atoms with Gasteiger partial charge in [0.1, 0.15) is 11.6 Å². The van der Waals surface area contributed by atoms with E-state index in [0.717, 1.165) is 34.3 Å². The summed E-state index contributed by atoms with van der Waals surface area (Å²) in [6.45, 7) is 0. The molecule has 110 valence electrons. The van der Waals surface area contributed by atoms with Gasteiger partial charge in [-0.2, -0.15) is 0 Å². The van der Waals surface area contributed by atoms with Gasteiger partial charge in [-0.3, -0.25) is 0 Å². The van der Waals surface area contributed by atoms with Gasteiger partial charge in [0, 0.05) is 16.6 Å². The maximum atomic E-state index is 13.2. The zero-order valence-electron chi connectivity index (χ0n) is 11.8. The number of halogens is 2. The SMILES string of the molecule is COc1ccc(Br)c(NC2CC(c3cccc(F)c3)C2)c1. The highest BCUT2D eigenvalue weighted by atomic mass is 79.9. The van der Waals surface area contributed by atoms with Crippen molar-refractivity contribution in [2.24, 2.45) is 0 Å². The normalized spacial score (nSPS) is 20.7. The Labute approximate surface area is 132 Å². The summed E-state index contributed by atoms with van der Waals surface area (Å²) in [4.78, 5) is 0. The third kappa shape index (κ3) is 3.21. The number of rotatable bonds is 4. The van der Waals surface area contributed by atoms with Crippen LogP contribution >= 0.6 is 15.9 Å². The van der Waals surface area contributed by atoms with Crippen LogP contribution in [-0.4, -0.2) is 13.2 Å². The zero-order chi connectivity index (χ0) is 14.8. The van der Waals surface area contributed by atoms with Crippen LogP contribution < -0.4 is 10.1 Å². The predicted molar refractivity (Wildman–Crippen MR) is 86.5 cm³/mol. The van der Waals surface area contributed by atoms with Gasteiger partial charge < -0.3 is 10.1 Å². The summed E-state index contributed by atoms with van der Waals surface area (Å²) >= 11 is 3.54. The minimum atomic E-state index is -0.153. The third-order valence-corrected chi connectivity index (χ3v) is 4.68. The fraction of sp³-hybridized carbons (Fsp3) is 0.294. The molecule has 0 atom stereocenters. The van der Waals surface area contributed by atoms with Gasteiger partial charge in [-0.15, -0.1) is 0 Å². The van der Waals surface area contributed by atoms with Crippen LogP contribution in [-0.2, 0) is 0 Å². The van der Waals surface area contributed by atoms with Crippen LogP contribution in [0, 0.1) is 5.82 Å². The van der Waals surface area contributed by atoms with Crippen LogP contribution in [0.3, 0.4) is 0 Å². The van der Waals surface area contributed by atoms with E-state index in [1.165, 1.54) is 6.07 Å². The number of nitrogens with one attached hydrogen (secondary N) is 1. The quantitative estimate of drug-likeness (QED) is 0.842. The van der Waals surface area contributed by atoms with Crippen LogP contribution in [0.4, 0.5) is 10.1 Å². The molecule has 0 aliphatic heterocycles. The number of hydrogen-bond acceptors (Lipinski definition) is 2. The van der Waals surface area contributed by atoms with Crippen molar-refractivity contribution in [3.63, 3.8) is 0 Å². The van der Waals surface area contributed by atoms with E-state index >= 15 is 0 Å². The number of methoxy groups -OCH3 is 1. The van der Waals surface area contributed by atoms with E-state index in [9.17, 15) is 4.39 Å². The Morgan fingerprint density at radius 3 is 2.71 bits per heavy atom. The second kappa shape index (κ2) is 6.06. The molecule has 0 aromatic heterocycles. The zero-order valence-corrected chi connectivity index (χ0v) is 13.4. The monoisotopic (exact) mass is 349 g/mol. The van der Waals surface area contributed by atoms with Crippen LogP contribution in [0.15, 0.2) is 46.9 Å². The number of benzene rings is 2. The Hall–Kier alpha value is -1.55. The first-order valence-electron chi connectivity index (χ1n) is 7.01. The Morgan fingerprint density at radius 2 is 2.00 bits per heavy atom. The summed E-state index contributed by atoms with van der Waals surface area (Å²) in [6, 6.07) is 13.2. The molecule has 0 unspecified atom stereocenters. The van der Waals surface area contributed by atoms with Gasteiger partial charge in [0.15, 0.2) is 0 Å². The summed E-state index contributed by atoms with van der Waals surface area (Å²) in [5, 5.41) is 3.52. The largest absolute Gasteiger partial charge is 0.497 e. The summed E-state index contributed by atoms with van der Waals surface area (Å²) in [5.74, 6) is 1.13. The van der Waals surface area contributed by atoms with Gasteiger partial charge in [-0.05, 0) is 64.5 Å². The number of ether oxygens (including phenoxy) is 1. The van der Waals surface area contributed by atoms with Crippen molar-refractivity contribution in [1.29, 1.82) is 0 Å². The molecular weight excluding hydrogens is 333 g/mol. The molecule has 2 aromatic carbocycles. The van der Waals surface area contributed by atoms with Crippen LogP contribution in [0.1, 0.15) is 24.3 Å². The minimum absolute atomic E-state index is 0.153. The molecule has 0 radical (unpaired) electrons. The molecule has 0 spiro atoms. The lowest BCUT2D eigenvalue weighted by atomic mass is 9.76. The topological polar surface area (TPSA) is 21.3 Å². The van der Waals surface area contributed by atoms with Crippen molar-refractivity contribution in [3.8, 4) is 5.75 Å². The van der Waals surface area contributed by atoms with E-state index in [2.05, 4.69) is 21.2 Å². The van der Waals surface area contributed by atoms with Crippen molar-refractivity contribution >= 4 is 21.6 Å². The summed E-state index contributed by atoms with van der Waals surface area (Å²) in [7, 11) is 1.66. The Morgan fingerprint density at radius 1 is 1.19 bits per heavy atom. The minimum Gasteiger partial charge on any atom is -0.497 e. The van der Waals surface area contributed by atoms with E-state index in [0.29, 0.717) is 12.0 Å². The smallest absolute Gasteiger partial charge is 0.123 e. The molecule has 2 nitrogen and oxygen atoms in total. The van der Waals surface area contributed by atoms with Gasteiger partial charge in [0.05, 0.1) is 12.8 Å². The third-order valence-electron chi connectivity index (χ3n) is 3.99. The lowest BCUT2D eigenvalue weighted by Gasteiger charge is -2.37.